The van der Waals surface area contributed by atoms with E-state index in [1.54, 1.807) is 0 Å². The third-order valence-corrected chi connectivity index (χ3v) is 6.41. The van der Waals surface area contributed by atoms with Crippen LogP contribution in [0.2, 0.25) is 0 Å². The van der Waals surface area contributed by atoms with Crippen molar-refractivity contribution >= 4 is 5.91 Å². The molecule has 6 nitrogen and oxygen atoms in total. The van der Waals surface area contributed by atoms with E-state index in [1.807, 2.05) is 38.1 Å². The van der Waals surface area contributed by atoms with Crippen LogP contribution in [0, 0.1) is 18.8 Å². The molecule has 1 aliphatic carbocycles. The number of aromatic nitrogens is 2. The van der Waals surface area contributed by atoms with Gasteiger partial charge in [-0.1, -0.05) is 24.6 Å². The number of aliphatic hydroxyl groups is 1. The largest absolute Gasteiger partial charge is 0.423 e. The molecule has 1 aliphatic heterocycles. The number of rotatable bonds is 4. The number of alkyl halides is 3. The van der Waals surface area contributed by atoms with Gasteiger partial charge >= 0.3 is 6.18 Å². The van der Waals surface area contributed by atoms with E-state index < -0.39 is 18.2 Å². The monoisotopic (exact) mass is 423 g/mol. The second kappa shape index (κ2) is 7.37. The number of carbonyl (C=O) groups is 1. The molecule has 0 spiro atoms. The van der Waals surface area contributed by atoms with Crippen molar-refractivity contribution in [3.05, 3.63) is 35.7 Å². The Balaban J connectivity index is 1.48. The highest BCUT2D eigenvalue weighted by atomic mass is 19.4. The topological polar surface area (TPSA) is 79.5 Å². The standard InChI is InChI=1S/C21H24F3N3O3/c1-12-3-5-14(6-4-12)17-25-26-19(30-17)20(8-9-20)15-7-10-27(11-13(15)2)18(29)16(28)21(22,23)24/h3-6,13,15-16,28H,7-11H2,1-2H3/t13?,15?,16-/m1/s1. The third kappa shape index (κ3) is 3.71. The molecule has 2 unspecified atom stereocenters. The highest BCUT2D eigenvalue weighted by molar-refractivity contribution is 5.81. The fraction of sp³-hybridized carbons (Fsp3) is 0.571. The molecule has 2 fully saturated rings. The average molecular weight is 423 g/mol. The Morgan fingerprint density at radius 2 is 1.93 bits per heavy atom. The van der Waals surface area contributed by atoms with E-state index in [1.165, 1.54) is 0 Å². The van der Waals surface area contributed by atoms with E-state index in [2.05, 4.69) is 10.2 Å². The summed E-state index contributed by atoms with van der Waals surface area (Å²) in [6.07, 6.45) is -5.65. The molecular formula is C21H24F3N3O3. The van der Waals surface area contributed by atoms with E-state index in [-0.39, 0.29) is 30.3 Å². The van der Waals surface area contributed by atoms with Gasteiger partial charge in [-0.3, -0.25) is 4.79 Å². The molecule has 0 bridgehead atoms. The Hall–Kier alpha value is -2.42. The second-order valence-electron chi connectivity index (χ2n) is 8.54. The molecule has 9 heteroatoms. The Labute approximate surface area is 172 Å². The van der Waals surface area contributed by atoms with Gasteiger partial charge in [-0.2, -0.15) is 13.2 Å². The van der Waals surface area contributed by atoms with Gasteiger partial charge in [0.2, 0.25) is 17.9 Å². The molecule has 2 heterocycles. The number of nitrogens with zero attached hydrogens (tertiary/aromatic N) is 3. The van der Waals surface area contributed by atoms with Crippen molar-refractivity contribution in [3.63, 3.8) is 0 Å². The summed E-state index contributed by atoms with van der Waals surface area (Å²) in [5.74, 6) is -0.205. The minimum atomic E-state index is -4.95. The zero-order valence-electron chi connectivity index (χ0n) is 16.8. The van der Waals surface area contributed by atoms with Crippen LogP contribution in [0.1, 0.15) is 37.6 Å². The minimum absolute atomic E-state index is 0.0552. The first-order valence-corrected chi connectivity index (χ1v) is 10.1. The van der Waals surface area contributed by atoms with Crippen LogP contribution in [0.15, 0.2) is 28.7 Å². The van der Waals surface area contributed by atoms with Crippen LogP contribution >= 0.6 is 0 Å². The molecule has 162 valence electrons. The van der Waals surface area contributed by atoms with Crippen LogP contribution in [0.25, 0.3) is 11.5 Å². The van der Waals surface area contributed by atoms with Crippen molar-refractivity contribution in [2.75, 3.05) is 13.1 Å². The van der Waals surface area contributed by atoms with Crippen molar-refractivity contribution in [1.29, 1.82) is 0 Å². The first-order valence-electron chi connectivity index (χ1n) is 10.1. The van der Waals surface area contributed by atoms with Gasteiger partial charge in [-0.25, -0.2) is 0 Å². The first kappa shape index (κ1) is 20.8. The zero-order chi connectivity index (χ0) is 21.7. The van der Waals surface area contributed by atoms with Crippen molar-refractivity contribution in [2.45, 2.75) is 50.8 Å². The number of hydrogen-bond acceptors (Lipinski definition) is 5. The summed E-state index contributed by atoms with van der Waals surface area (Å²) in [4.78, 5) is 13.1. The Morgan fingerprint density at radius 3 is 2.50 bits per heavy atom. The number of aryl methyl sites for hydroxylation is 1. The summed E-state index contributed by atoms with van der Waals surface area (Å²) in [5.41, 5.74) is 1.68. The number of aliphatic hydroxyl groups excluding tert-OH is 1. The van der Waals surface area contributed by atoms with Gasteiger partial charge in [0.15, 0.2) is 0 Å². The summed E-state index contributed by atoms with van der Waals surface area (Å²) in [7, 11) is 0. The second-order valence-corrected chi connectivity index (χ2v) is 8.54. The van der Waals surface area contributed by atoms with Crippen LogP contribution < -0.4 is 0 Å². The fourth-order valence-corrected chi connectivity index (χ4v) is 4.59. The van der Waals surface area contributed by atoms with Gasteiger partial charge in [-0.05, 0) is 50.2 Å². The summed E-state index contributed by atoms with van der Waals surface area (Å²) in [6, 6.07) is 7.78. The van der Waals surface area contributed by atoms with E-state index in [0.29, 0.717) is 18.2 Å². The smallest absolute Gasteiger partial charge is 0.420 e. The first-order chi connectivity index (χ1) is 14.1. The van der Waals surface area contributed by atoms with Gasteiger partial charge in [-0.15, -0.1) is 10.2 Å². The molecule has 1 amide bonds. The highest BCUT2D eigenvalue weighted by Crippen LogP contribution is 2.57. The van der Waals surface area contributed by atoms with Crippen LogP contribution in [0.4, 0.5) is 13.2 Å². The lowest BCUT2D eigenvalue weighted by molar-refractivity contribution is -0.211. The number of halogens is 3. The predicted octanol–water partition coefficient (Wildman–Crippen LogP) is 3.48. The number of hydrogen-bond donors (Lipinski definition) is 1. The summed E-state index contributed by atoms with van der Waals surface area (Å²) in [5, 5.41) is 17.8. The maximum Gasteiger partial charge on any atom is 0.423 e. The van der Waals surface area contributed by atoms with Crippen LogP contribution in [-0.2, 0) is 10.2 Å². The van der Waals surface area contributed by atoms with Gasteiger partial charge < -0.3 is 14.4 Å². The molecule has 2 aliphatic rings. The lowest BCUT2D eigenvalue weighted by atomic mass is 9.75. The molecule has 1 N–H and O–H groups in total. The van der Waals surface area contributed by atoms with Crippen LogP contribution in [0.3, 0.4) is 0 Å². The number of likely N-dealkylation sites (tertiary alicyclic amines) is 1. The van der Waals surface area contributed by atoms with Crippen LogP contribution in [0.5, 0.6) is 0 Å². The van der Waals surface area contributed by atoms with Gasteiger partial charge in [0.25, 0.3) is 5.91 Å². The molecule has 0 radical (unpaired) electrons. The lowest BCUT2D eigenvalue weighted by Crippen LogP contribution is -2.52. The van der Waals surface area contributed by atoms with E-state index in [4.69, 9.17) is 4.42 Å². The van der Waals surface area contributed by atoms with Crippen molar-refractivity contribution in [2.24, 2.45) is 11.8 Å². The Kier molecular flexibility index (Phi) is 5.12. The van der Waals surface area contributed by atoms with Crippen LogP contribution in [-0.4, -0.2) is 51.5 Å². The quantitative estimate of drug-likeness (QED) is 0.815. The van der Waals surface area contributed by atoms with Crippen molar-refractivity contribution in [1.82, 2.24) is 15.1 Å². The molecular weight excluding hydrogens is 399 g/mol. The van der Waals surface area contributed by atoms with E-state index in [0.717, 1.165) is 28.9 Å². The van der Waals surface area contributed by atoms with Crippen molar-refractivity contribution < 1.29 is 27.5 Å². The molecule has 1 saturated carbocycles. The summed E-state index contributed by atoms with van der Waals surface area (Å²) >= 11 is 0. The van der Waals surface area contributed by atoms with Gasteiger partial charge in [0.1, 0.15) is 0 Å². The number of carbonyl (C=O) groups excluding carboxylic acids is 1. The lowest BCUT2D eigenvalue weighted by Gasteiger charge is -2.40. The fourth-order valence-electron chi connectivity index (χ4n) is 4.59. The molecule has 2 aromatic rings. The average Bonchev–Trinajstić information content (AvgIpc) is 3.35. The Bertz CT molecular complexity index is 922. The van der Waals surface area contributed by atoms with E-state index in [9.17, 15) is 23.1 Å². The molecule has 1 saturated heterocycles. The third-order valence-electron chi connectivity index (χ3n) is 6.41. The molecule has 1 aromatic heterocycles. The zero-order valence-corrected chi connectivity index (χ0v) is 16.8. The molecule has 1 aromatic carbocycles. The van der Waals surface area contributed by atoms with Crippen molar-refractivity contribution in [3.8, 4) is 11.5 Å². The number of benzene rings is 1. The normalized spacial score (nSPS) is 24.5. The van der Waals surface area contributed by atoms with E-state index >= 15 is 0 Å². The maximum atomic E-state index is 12.7. The number of amides is 1. The highest BCUT2D eigenvalue weighted by Gasteiger charge is 2.57. The molecule has 4 rings (SSSR count). The Morgan fingerprint density at radius 1 is 1.27 bits per heavy atom. The maximum absolute atomic E-state index is 12.7. The minimum Gasteiger partial charge on any atom is -0.420 e. The summed E-state index contributed by atoms with van der Waals surface area (Å²) in [6.45, 7) is 4.24. The molecule has 30 heavy (non-hydrogen) atoms. The predicted molar refractivity (Wildman–Crippen MR) is 101 cm³/mol. The summed E-state index contributed by atoms with van der Waals surface area (Å²) < 4.78 is 44.1. The molecule has 3 atom stereocenters. The SMILES string of the molecule is Cc1ccc(-c2nnc(C3(C4CCN(C(=O)[C@@H](O)C(F)(F)F)CC4C)CC3)o2)cc1. The van der Waals surface area contributed by atoms with Gasteiger partial charge in [0.05, 0.1) is 5.41 Å². The number of piperidine rings is 1. The van der Waals surface area contributed by atoms with Gasteiger partial charge in [0, 0.05) is 18.7 Å².